The van der Waals surface area contributed by atoms with Crippen molar-refractivity contribution in [2.75, 3.05) is 29.6 Å². The molecule has 7 nitrogen and oxygen atoms in total. The fourth-order valence-corrected chi connectivity index (χ4v) is 4.75. The van der Waals surface area contributed by atoms with Crippen molar-refractivity contribution in [3.63, 3.8) is 0 Å². The highest BCUT2D eigenvalue weighted by Gasteiger charge is 2.29. The van der Waals surface area contributed by atoms with Crippen LogP contribution in [0.5, 0.6) is 0 Å². The van der Waals surface area contributed by atoms with E-state index in [2.05, 4.69) is 37.7 Å². The Morgan fingerprint density at radius 3 is 3.10 bits per heavy atom. The molecular weight excluding hydrogens is 408 g/mol. The first-order chi connectivity index (χ1) is 14.2. The summed E-state index contributed by atoms with van der Waals surface area (Å²) in [5, 5.41) is 6.96. The van der Waals surface area contributed by atoms with Gasteiger partial charge in [0.2, 0.25) is 5.91 Å². The zero-order valence-electron chi connectivity index (χ0n) is 15.6. The van der Waals surface area contributed by atoms with Crippen molar-refractivity contribution in [3.8, 4) is 0 Å². The molecule has 2 N–H and O–H groups in total. The predicted molar refractivity (Wildman–Crippen MR) is 116 cm³/mol. The number of benzene rings is 1. The third kappa shape index (κ3) is 3.54. The molecule has 2 aliphatic heterocycles. The number of thiazole rings is 1. The minimum atomic E-state index is -0.0140. The van der Waals surface area contributed by atoms with Crippen molar-refractivity contribution in [3.05, 3.63) is 47.2 Å². The first kappa shape index (κ1) is 18.3. The van der Waals surface area contributed by atoms with Crippen LogP contribution in [0.2, 0.25) is 0 Å². The van der Waals surface area contributed by atoms with Crippen LogP contribution < -0.4 is 10.6 Å². The van der Waals surface area contributed by atoms with Crippen LogP contribution in [0.25, 0.3) is 10.2 Å². The highest BCUT2D eigenvalue weighted by atomic mass is 35.5. The summed E-state index contributed by atoms with van der Waals surface area (Å²) in [6, 6.07) is 6.30. The number of alkyl halides is 1. The molecule has 1 aromatic carbocycles. The molecule has 1 amide bonds. The number of hydrogen-bond acceptors (Lipinski definition) is 7. The van der Waals surface area contributed by atoms with Gasteiger partial charge in [0.15, 0.2) is 0 Å². The smallest absolute Gasteiger partial charge is 0.237 e. The second-order valence-electron chi connectivity index (χ2n) is 7.11. The Bertz CT molecular complexity index is 1110. The van der Waals surface area contributed by atoms with Crippen LogP contribution in [-0.2, 0) is 11.2 Å². The average Bonchev–Trinajstić information content (AvgIpc) is 3.40. The number of carbonyl (C=O) groups excluding carboxylic acids is 1. The van der Waals surface area contributed by atoms with Gasteiger partial charge in [0.1, 0.15) is 23.8 Å². The van der Waals surface area contributed by atoms with Gasteiger partial charge in [-0.2, -0.15) is 0 Å². The maximum Gasteiger partial charge on any atom is 0.237 e. The highest BCUT2D eigenvalue weighted by molar-refractivity contribution is 7.16. The number of nitrogens with zero attached hydrogens (tertiary/aromatic N) is 4. The van der Waals surface area contributed by atoms with E-state index in [1.54, 1.807) is 22.6 Å². The predicted octanol–water partition coefficient (Wildman–Crippen LogP) is 3.56. The summed E-state index contributed by atoms with van der Waals surface area (Å²) in [4.78, 5) is 26.8. The molecule has 0 aliphatic carbocycles. The molecule has 0 saturated carbocycles. The number of fused-ring (bicyclic) bond motifs is 2. The third-order valence-electron chi connectivity index (χ3n) is 5.42. The van der Waals surface area contributed by atoms with E-state index in [1.807, 2.05) is 17.6 Å². The minimum Gasteiger partial charge on any atom is -0.363 e. The standard InChI is InChI=1S/C20H19ClN6OS/c21-9-18(28)27-5-3-12(4-6-27)16-8-14-19(22-10-23-20(14)26-16)25-13-1-2-15-17(7-13)29-11-24-15/h1-3,7,10-11,16H,4-6,8-9H2,(H2,22,23,25,26). The summed E-state index contributed by atoms with van der Waals surface area (Å²) in [5.41, 5.74) is 6.23. The Kier molecular flexibility index (Phi) is 4.81. The second kappa shape index (κ2) is 7.61. The van der Waals surface area contributed by atoms with Crippen molar-refractivity contribution < 1.29 is 4.79 Å². The molecular formula is C20H19ClN6OS. The van der Waals surface area contributed by atoms with E-state index in [4.69, 9.17) is 11.6 Å². The van der Waals surface area contributed by atoms with Crippen LogP contribution >= 0.6 is 22.9 Å². The molecule has 3 aromatic rings. The maximum absolute atomic E-state index is 11.8. The zero-order valence-corrected chi connectivity index (χ0v) is 17.1. The van der Waals surface area contributed by atoms with Crippen molar-refractivity contribution in [2.45, 2.75) is 18.9 Å². The lowest BCUT2D eigenvalue weighted by atomic mass is 9.97. The Morgan fingerprint density at radius 2 is 2.28 bits per heavy atom. The van der Waals surface area contributed by atoms with Crippen LogP contribution in [0.15, 0.2) is 41.7 Å². The molecule has 29 heavy (non-hydrogen) atoms. The molecule has 4 heterocycles. The molecule has 0 bridgehead atoms. The van der Waals surface area contributed by atoms with Crippen molar-refractivity contribution in [1.29, 1.82) is 0 Å². The fourth-order valence-electron chi connectivity index (χ4n) is 3.86. The molecule has 5 rings (SSSR count). The van der Waals surface area contributed by atoms with Crippen LogP contribution in [0.4, 0.5) is 17.3 Å². The highest BCUT2D eigenvalue weighted by Crippen LogP contribution is 2.34. The molecule has 148 valence electrons. The maximum atomic E-state index is 11.8. The number of halogens is 1. The molecule has 0 fully saturated rings. The Labute approximate surface area is 176 Å². The number of carbonyl (C=O) groups is 1. The molecule has 1 unspecified atom stereocenters. The Balaban J connectivity index is 1.34. The Morgan fingerprint density at radius 1 is 1.34 bits per heavy atom. The monoisotopic (exact) mass is 426 g/mol. The molecule has 2 aromatic heterocycles. The van der Waals surface area contributed by atoms with Crippen molar-refractivity contribution >= 4 is 56.4 Å². The average molecular weight is 427 g/mol. The van der Waals surface area contributed by atoms with Gasteiger partial charge in [-0.25, -0.2) is 15.0 Å². The van der Waals surface area contributed by atoms with Gasteiger partial charge in [-0.3, -0.25) is 4.79 Å². The van der Waals surface area contributed by atoms with E-state index in [0.717, 1.165) is 45.9 Å². The van der Waals surface area contributed by atoms with Crippen molar-refractivity contribution in [1.82, 2.24) is 19.9 Å². The van der Waals surface area contributed by atoms with Crippen LogP contribution in [-0.4, -0.2) is 50.8 Å². The van der Waals surface area contributed by atoms with Gasteiger partial charge in [0, 0.05) is 30.8 Å². The number of hydrogen-bond donors (Lipinski definition) is 2. The molecule has 9 heteroatoms. The normalized spacial score (nSPS) is 18.3. The first-order valence-electron chi connectivity index (χ1n) is 9.44. The first-order valence-corrected chi connectivity index (χ1v) is 10.9. The summed E-state index contributed by atoms with van der Waals surface area (Å²) in [7, 11) is 0. The number of rotatable bonds is 4. The summed E-state index contributed by atoms with van der Waals surface area (Å²) in [5.74, 6) is 1.71. The van der Waals surface area contributed by atoms with Crippen LogP contribution in [0.3, 0.4) is 0 Å². The number of nitrogens with one attached hydrogen (secondary N) is 2. The quantitative estimate of drug-likeness (QED) is 0.490. The number of anilines is 3. The van der Waals surface area contributed by atoms with Crippen molar-refractivity contribution in [2.24, 2.45) is 0 Å². The van der Waals surface area contributed by atoms with E-state index in [1.165, 1.54) is 5.57 Å². The van der Waals surface area contributed by atoms with E-state index < -0.39 is 0 Å². The van der Waals surface area contributed by atoms with E-state index in [9.17, 15) is 4.79 Å². The number of amides is 1. The van der Waals surface area contributed by atoms with Gasteiger partial charge in [0.05, 0.1) is 21.8 Å². The van der Waals surface area contributed by atoms with Gasteiger partial charge >= 0.3 is 0 Å². The lowest BCUT2D eigenvalue weighted by molar-refractivity contribution is -0.128. The Hall–Kier alpha value is -2.71. The molecule has 0 radical (unpaired) electrons. The van der Waals surface area contributed by atoms with Gasteiger partial charge in [0.25, 0.3) is 0 Å². The number of aromatic nitrogens is 3. The van der Waals surface area contributed by atoms with Crippen LogP contribution in [0.1, 0.15) is 12.0 Å². The van der Waals surface area contributed by atoms with E-state index >= 15 is 0 Å². The third-order valence-corrected chi connectivity index (χ3v) is 6.44. The molecule has 0 spiro atoms. The fraction of sp³-hybridized carbons (Fsp3) is 0.300. The van der Waals surface area contributed by atoms with Gasteiger partial charge in [-0.05, 0) is 30.2 Å². The largest absolute Gasteiger partial charge is 0.363 e. The molecule has 1 atom stereocenters. The molecule has 2 aliphatic rings. The summed E-state index contributed by atoms with van der Waals surface area (Å²) < 4.78 is 1.14. The summed E-state index contributed by atoms with van der Waals surface area (Å²) >= 11 is 7.29. The topological polar surface area (TPSA) is 83.0 Å². The SMILES string of the molecule is O=C(CCl)N1CC=C(C2Cc3c(Nc4ccc5ncsc5c4)ncnc3N2)CC1. The van der Waals surface area contributed by atoms with Gasteiger partial charge < -0.3 is 15.5 Å². The van der Waals surface area contributed by atoms with Crippen LogP contribution in [0, 0.1) is 0 Å². The van der Waals surface area contributed by atoms with E-state index in [0.29, 0.717) is 13.1 Å². The zero-order chi connectivity index (χ0) is 19.8. The van der Waals surface area contributed by atoms with Gasteiger partial charge in [-0.1, -0.05) is 6.08 Å². The summed E-state index contributed by atoms with van der Waals surface area (Å²) in [6.45, 7) is 1.32. The lowest BCUT2D eigenvalue weighted by Gasteiger charge is -2.28. The van der Waals surface area contributed by atoms with Gasteiger partial charge in [-0.15, -0.1) is 22.9 Å². The summed E-state index contributed by atoms with van der Waals surface area (Å²) in [6.07, 6.45) is 5.37. The lowest BCUT2D eigenvalue weighted by Crippen LogP contribution is -2.37. The minimum absolute atomic E-state index is 0.0140. The second-order valence-corrected chi connectivity index (χ2v) is 8.27. The molecule has 0 saturated heterocycles. The van der Waals surface area contributed by atoms with E-state index in [-0.39, 0.29) is 17.8 Å².